The lowest BCUT2D eigenvalue weighted by Gasteiger charge is -1.98. The van der Waals surface area contributed by atoms with Crippen molar-refractivity contribution in [3.8, 4) is 29.7 Å². The number of H-pyrrole nitrogens is 1. The maximum atomic E-state index is 5.06. The van der Waals surface area contributed by atoms with E-state index >= 15 is 0 Å². The van der Waals surface area contributed by atoms with Crippen LogP contribution in [0.5, 0.6) is 5.75 Å². The molecule has 0 aliphatic carbocycles. The third-order valence-corrected chi connectivity index (χ3v) is 2.56. The van der Waals surface area contributed by atoms with Crippen molar-refractivity contribution in [1.29, 1.82) is 0 Å². The number of aromatic amines is 1. The van der Waals surface area contributed by atoms with E-state index in [9.17, 15) is 0 Å². The Morgan fingerprint density at radius 3 is 2.72 bits per heavy atom. The summed E-state index contributed by atoms with van der Waals surface area (Å²) in [5.74, 6) is 1.41. The summed E-state index contributed by atoms with van der Waals surface area (Å²) < 4.78 is 4.94. The van der Waals surface area contributed by atoms with Gasteiger partial charge in [0.1, 0.15) is 17.7 Å². The zero-order chi connectivity index (χ0) is 12.4. The Bertz CT molecular complexity index is 690. The summed E-state index contributed by atoms with van der Waals surface area (Å²) in [6, 6.07) is 11.2. The molecule has 0 bridgehead atoms. The van der Waals surface area contributed by atoms with Crippen molar-refractivity contribution in [2.45, 2.75) is 0 Å². The highest BCUT2D eigenvalue weighted by Crippen LogP contribution is 2.21. The van der Waals surface area contributed by atoms with Gasteiger partial charge in [-0.1, -0.05) is 6.42 Å². The highest BCUT2D eigenvalue weighted by atomic mass is 16.5. The second kappa shape index (κ2) is 4.22. The number of hydrogen-bond acceptors (Lipinski definition) is 3. The lowest BCUT2D eigenvalue weighted by atomic mass is 10.2. The van der Waals surface area contributed by atoms with Crippen LogP contribution in [-0.2, 0) is 0 Å². The van der Waals surface area contributed by atoms with Crippen molar-refractivity contribution in [3.63, 3.8) is 0 Å². The third-order valence-electron chi connectivity index (χ3n) is 2.56. The molecule has 0 atom stereocenters. The van der Waals surface area contributed by atoms with Crippen LogP contribution in [0.2, 0.25) is 0 Å². The molecule has 2 aromatic heterocycles. The first kappa shape index (κ1) is 10.4. The van der Waals surface area contributed by atoms with Gasteiger partial charge in [-0.05, 0) is 36.4 Å². The van der Waals surface area contributed by atoms with Crippen LogP contribution in [0, 0.1) is 12.5 Å². The number of pyridine rings is 1. The number of imidazole rings is 1. The van der Waals surface area contributed by atoms with E-state index in [0.29, 0.717) is 11.4 Å². The minimum absolute atomic E-state index is 0.635. The zero-order valence-corrected chi connectivity index (χ0v) is 9.42. The molecule has 1 N–H and O–H groups in total. The van der Waals surface area contributed by atoms with Crippen molar-refractivity contribution in [2.75, 3.05) is 0 Å². The van der Waals surface area contributed by atoms with Gasteiger partial charge in [0.25, 0.3) is 0 Å². The number of nitrogens with one attached hydrogen (secondary N) is 1. The maximum absolute atomic E-state index is 5.06. The first-order valence-corrected chi connectivity index (χ1v) is 5.40. The minimum atomic E-state index is 0.635. The highest BCUT2D eigenvalue weighted by Gasteiger charge is 2.05. The fourth-order valence-electron chi connectivity index (χ4n) is 1.73. The van der Waals surface area contributed by atoms with Gasteiger partial charge in [-0.3, -0.25) is 0 Å². The van der Waals surface area contributed by atoms with Crippen LogP contribution < -0.4 is 4.74 Å². The smallest absolute Gasteiger partial charge is 0.178 e. The summed E-state index contributed by atoms with van der Waals surface area (Å²) in [7, 11) is 0. The van der Waals surface area contributed by atoms with E-state index < -0.39 is 0 Å². The molecule has 0 amide bonds. The average Bonchev–Trinajstić information content (AvgIpc) is 2.84. The molecule has 0 saturated heterocycles. The summed E-state index contributed by atoms with van der Waals surface area (Å²) >= 11 is 0. The second-order valence-corrected chi connectivity index (χ2v) is 3.70. The molecule has 1 aromatic carbocycles. The number of benzene rings is 1. The summed E-state index contributed by atoms with van der Waals surface area (Å²) in [5, 5.41) is 0. The summed E-state index contributed by atoms with van der Waals surface area (Å²) in [5.41, 5.74) is 2.57. The Morgan fingerprint density at radius 2 is 2.00 bits per heavy atom. The van der Waals surface area contributed by atoms with Crippen LogP contribution >= 0.6 is 0 Å². The lowest BCUT2D eigenvalue weighted by molar-refractivity contribution is 0.521. The quantitative estimate of drug-likeness (QED) is 0.694. The molecule has 0 unspecified atom stereocenters. The summed E-state index contributed by atoms with van der Waals surface area (Å²) in [4.78, 5) is 11.8. The van der Waals surface area contributed by atoms with Crippen LogP contribution in [-0.4, -0.2) is 15.0 Å². The van der Waals surface area contributed by atoms with Crippen molar-refractivity contribution in [3.05, 3.63) is 42.6 Å². The Labute approximate surface area is 104 Å². The van der Waals surface area contributed by atoms with E-state index in [2.05, 4.69) is 21.1 Å². The number of aromatic nitrogens is 3. The molecule has 3 rings (SSSR count). The standard InChI is InChI=1S/C14H9N3O/c1-2-18-11-7-5-10(6-8-11)13-16-12-4-3-9-15-14(12)17-13/h1,3-9H,(H,15,16,17). The van der Waals surface area contributed by atoms with Gasteiger partial charge >= 0.3 is 0 Å². The average molecular weight is 235 g/mol. The molecule has 3 aromatic rings. The molecular formula is C14H9N3O. The number of rotatable bonds is 2. The van der Waals surface area contributed by atoms with E-state index in [1.807, 2.05) is 24.3 Å². The first-order chi connectivity index (χ1) is 8.86. The van der Waals surface area contributed by atoms with Crippen LogP contribution in [0.1, 0.15) is 0 Å². The van der Waals surface area contributed by atoms with Crippen LogP contribution in [0.4, 0.5) is 0 Å². The third kappa shape index (κ3) is 1.78. The van der Waals surface area contributed by atoms with E-state index in [-0.39, 0.29) is 0 Å². The number of terminal acetylenes is 1. The molecule has 18 heavy (non-hydrogen) atoms. The molecule has 0 aliphatic rings. The number of hydrogen-bond donors (Lipinski definition) is 1. The fraction of sp³-hybridized carbons (Fsp3) is 0. The monoisotopic (exact) mass is 235 g/mol. The van der Waals surface area contributed by atoms with Crippen molar-refractivity contribution in [1.82, 2.24) is 15.0 Å². The molecule has 86 valence electrons. The minimum Gasteiger partial charge on any atom is -0.408 e. The summed E-state index contributed by atoms with van der Waals surface area (Å²) in [6.07, 6.45) is 8.91. The molecule has 2 heterocycles. The Morgan fingerprint density at radius 1 is 1.17 bits per heavy atom. The van der Waals surface area contributed by atoms with Gasteiger partial charge in [-0.2, -0.15) is 0 Å². The number of fused-ring (bicyclic) bond motifs is 1. The van der Waals surface area contributed by atoms with Crippen molar-refractivity contribution < 1.29 is 4.74 Å². The maximum Gasteiger partial charge on any atom is 0.178 e. The Hall–Kier alpha value is -2.80. The van der Waals surface area contributed by atoms with Gasteiger partial charge < -0.3 is 9.72 Å². The first-order valence-electron chi connectivity index (χ1n) is 5.40. The van der Waals surface area contributed by atoms with Gasteiger partial charge in [0, 0.05) is 11.8 Å². The van der Waals surface area contributed by atoms with Crippen molar-refractivity contribution in [2.24, 2.45) is 0 Å². The lowest BCUT2D eigenvalue weighted by Crippen LogP contribution is -1.83. The largest absolute Gasteiger partial charge is 0.408 e. The van der Waals surface area contributed by atoms with Gasteiger partial charge in [0.15, 0.2) is 5.65 Å². The van der Waals surface area contributed by atoms with Crippen LogP contribution in [0.15, 0.2) is 42.6 Å². The molecule has 0 spiro atoms. The SMILES string of the molecule is C#COc1ccc(-c2nc3ncccc3[nH]2)cc1. The molecule has 4 nitrogen and oxygen atoms in total. The predicted molar refractivity (Wildman–Crippen MR) is 68.8 cm³/mol. The number of ether oxygens (including phenoxy) is 1. The van der Waals surface area contributed by atoms with E-state index in [1.165, 1.54) is 0 Å². The van der Waals surface area contributed by atoms with Gasteiger partial charge in [-0.15, -0.1) is 0 Å². The molecule has 4 heteroatoms. The normalized spacial score (nSPS) is 10.2. The van der Waals surface area contributed by atoms with Gasteiger partial charge in [0.2, 0.25) is 0 Å². The van der Waals surface area contributed by atoms with Gasteiger partial charge in [0.05, 0.1) is 5.52 Å². The van der Waals surface area contributed by atoms with Crippen LogP contribution in [0.25, 0.3) is 22.6 Å². The topological polar surface area (TPSA) is 50.8 Å². The molecule has 0 saturated carbocycles. The second-order valence-electron chi connectivity index (χ2n) is 3.70. The molecule has 0 radical (unpaired) electrons. The van der Waals surface area contributed by atoms with Crippen molar-refractivity contribution >= 4 is 11.2 Å². The van der Waals surface area contributed by atoms with E-state index in [0.717, 1.165) is 16.9 Å². The Kier molecular flexibility index (Phi) is 2.43. The Balaban J connectivity index is 2.01. The van der Waals surface area contributed by atoms with Crippen LogP contribution in [0.3, 0.4) is 0 Å². The fourth-order valence-corrected chi connectivity index (χ4v) is 1.73. The predicted octanol–water partition coefficient (Wildman–Crippen LogP) is 2.59. The highest BCUT2D eigenvalue weighted by molar-refractivity contribution is 5.75. The zero-order valence-electron chi connectivity index (χ0n) is 9.42. The molecule has 0 aliphatic heterocycles. The van der Waals surface area contributed by atoms with E-state index in [1.54, 1.807) is 18.3 Å². The molecule has 0 fully saturated rings. The van der Waals surface area contributed by atoms with E-state index in [4.69, 9.17) is 11.2 Å². The number of nitrogens with zero attached hydrogens (tertiary/aromatic N) is 2. The van der Waals surface area contributed by atoms with Gasteiger partial charge in [-0.25, -0.2) is 9.97 Å². The summed E-state index contributed by atoms with van der Waals surface area (Å²) in [6.45, 7) is 0. The molecular weight excluding hydrogens is 226 g/mol.